The van der Waals surface area contributed by atoms with Crippen molar-refractivity contribution in [2.75, 3.05) is 12.8 Å². The van der Waals surface area contributed by atoms with Gasteiger partial charge in [-0.15, -0.1) is 0 Å². The third-order valence-corrected chi connectivity index (χ3v) is 6.44. The van der Waals surface area contributed by atoms with Crippen LogP contribution in [0.4, 0.5) is 10.6 Å². The first-order valence-corrected chi connectivity index (χ1v) is 11.3. The average molecular weight is 441 g/mol. The molecule has 2 aromatic rings. The molecule has 7 nitrogen and oxygen atoms in total. The summed E-state index contributed by atoms with van der Waals surface area (Å²) in [5.41, 5.74) is 8.80. The summed E-state index contributed by atoms with van der Waals surface area (Å²) in [5, 5.41) is 15.7. The lowest BCUT2D eigenvalue weighted by Gasteiger charge is -2.40. The molecule has 1 amide bonds. The van der Waals surface area contributed by atoms with Gasteiger partial charge in [-0.2, -0.15) is 0 Å². The molecule has 1 saturated carbocycles. The molecule has 5 N–H and O–H groups in total. The molecule has 0 radical (unpaired) electrons. The molecule has 1 aromatic heterocycles. The number of hydrogen-bond donors (Lipinski definition) is 4. The highest BCUT2D eigenvalue weighted by molar-refractivity contribution is 5.66. The maximum atomic E-state index is 11.3. The number of carboxylic acid groups (broad SMARTS) is 1. The standard InChI is InChI=1S/C25H36N4O3/c1-25(2,3)23(29-24(30)31)16-5-9-20(10-6-16)27-15-19-13-17(7-11-21(19)32-4)18-8-12-22(26)28-14-18/h7-8,11-14,16,20,23,27,29H,5-6,9-10,15H2,1-4H3,(H2,26,28)(H,30,31). The summed E-state index contributed by atoms with van der Waals surface area (Å²) in [5.74, 6) is 1.73. The number of amides is 1. The molecule has 0 bridgehead atoms. The second-order valence-corrected chi connectivity index (χ2v) is 9.78. The van der Waals surface area contributed by atoms with Crippen molar-refractivity contribution in [1.29, 1.82) is 0 Å². The van der Waals surface area contributed by atoms with E-state index < -0.39 is 6.09 Å². The van der Waals surface area contributed by atoms with Gasteiger partial charge < -0.3 is 26.2 Å². The van der Waals surface area contributed by atoms with E-state index in [0.717, 1.165) is 48.1 Å². The smallest absolute Gasteiger partial charge is 0.404 e. The summed E-state index contributed by atoms with van der Waals surface area (Å²) in [6.07, 6.45) is 4.92. The largest absolute Gasteiger partial charge is 0.496 e. The van der Waals surface area contributed by atoms with Crippen LogP contribution in [0.2, 0.25) is 0 Å². The van der Waals surface area contributed by atoms with Gasteiger partial charge in [-0.05, 0) is 66.8 Å². The van der Waals surface area contributed by atoms with Crippen molar-refractivity contribution in [3.8, 4) is 16.9 Å². The number of nitrogens with zero attached hydrogens (tertiary/aromatic N) is 1. The maximum absolute atomic E-state index is 11.3. The van der Waals surface area contributed by atoms with Gasteiger partial charge in [0, 0.05) is 36.0 Å². The summed E-state index contributed by atoms with van der Waals surface area (Å²) >= 11 is 0. The Morgan fingerprint density at radius 3 is 2.44 bits per heavy atom. The molecule has 1 aliphatic carbocycles. The number of rotatable bonds is 7. The number of anilines is 1. The Labute approximate surface area is 190 Å². The van der Waals surface area contributed by atoms with Crippen LogP contribution in [0.3, 0.4) is 0 Å². The lowest BCUT2D eigenvalue weighted by atomic mass is 9.72. The van der Waals surface area contributed by atoms with Gasteiger partial charge in [0.25, 0.3) is 0 Å². The van der Waals surface area contributed by atoms with Crippen LogP contribution in [0.15, 0.2) is 36.5 Å². The molecule has 0 aliphatic heterocycles. The minimum atomic E-state index is -0.937. The fourth-order valence-corrected chi connectivity index (χ4v) is 4.76. The summed E-state index contributed by atoms with van der Waals surface area (Å²) in [6, 6.07) is 10.3. The SMILES string of the molecule is COc1ccc(-c2ccc(N)nc2)cc1CNC1CCC(C(NC(=O)O)C(C)(C)C)CC1. The van der Waals surface area contributed by atoms with Crippen LogP contribution in [-0.4, -0.2) is 35.4 Å². The first-order valence-electron chi connectivity index (χ1n) is 11.3. The molecule has 1 aliphatic rings. The Morgan fingerprint density at radius 2 is 1.88 bits per heavy atom. The zero-order valence-corrected chi connectivity index (χ0v) is 19.5. The second-order valence-electron chi connectivity index (χ2n) is 9.78. The molecule has 32 heavy (non-hydrogen) atoms. The first-order chi connectivity index (χ1) is 15.2. The van der Waals surface area contributed by atoms with Crippen LogP contribution >= 0.6 is 0 Å². The Hall–Kier alpha value is -2.80. The number of pyridine rings is 1. The monoisotopic (exact) mass is 440 g/mol. The minimum Gasteiger partial charge on any atom is -0.496 e. The van der Waals surface area contributed by atoms with Crippen LogP contribution in [0, 0.1) is 11.3 Å². The fraction of sp³-hybridized carbons (Fsp3) is 0.520. The molecule has 0 saturated heterocycles. The van der Waals surface area contributed by atoms with E-state index in [1.165, 1.54) is 0 Å². The summed E-state index contributed by atoms with van der Waals surface area (Å²) in [6.45, 7) is 7.03. The Balaban J connectivity index is 1.62. The third-order valence-electron chi connectivity index (χ3n) is 6.44. The second kappa shape index (κ2) is 10.2. The number of nitrogens with one attached hydrogen (secondary N) is 2. The molecule has 0 spiro atoms. The van der Waals surface area contributed by atoms with E-state index in [1.807, 2.05) is 18.2 Å². The van der Waals surface area contributed by atoms with Crippen molar-refractivity contribution in [3.05, 3.63) is 42.1 Å². The fourth-order valence-electron chi connectivity index (χ4n) is 4.76. The van der Waals surface area contributed by atoms with Crippen molar-refractivity contribution in [2.45, 2.75) is 65.1 Å². The molecule has 3 rings (SSSR count). The van der Waals surface area contributed by atoms with Crippen LogP contribution in [0.5, 0.6) is 5.75 Å². The van der Waals surface area contributed by atoms with Gasteiger partial charge in [0.15, 0.2) is 0 Å². The van der Waals surface area contributed by atoms with Crippen LogP contribution in [0.1, 0.15) is 52.0 Å². The van der Waals surface area contributed by atoms with Crippen molar-refractivity contribution in [1.82, 2.24) is 15.6 Å². The normalized spacial score (nSPS) is 19.9. The highest BCUT2D eigenvalue weighted by Crippen LogP contribution is 2.35. The molecular formula is C25H36N4O3. The number of nitrogens with two attached hydrogens (primary N) is 1. The summed E-state index contributed by atoms with van der Waals surface area (Å²) < 4.78 is 5.58. The summed E-state index contributed by atoms with van der Waals surface area (Å²) in [4.78, 5) is 15.5. The van der Waals surface area contributed by atoms with Crippen LogP contribution < -0.4 is 21.1 Å². The quantitative estimate of drug-likeness (QED) is 0.498. The summed E-state index contributed by atoms with van der Waals surface area (Å²) in [7, 11) is 1.69. The number of ether oxygens (including phenoxy) is 1. The van der Waals surface area contributed by atoms with Gasteiger partial charge >= 0.3 is 6.09 Å². The van der Waals surface area contributed by atoms with E-state index in [-0.39, 0.29) is 11.5 Å². The van der Waals surface area contributed by atoms with E-state index >= 15 is 0 Å². The lowest BCUT2D eigenvalue weighted by molar-refractivity contribution is 0.129. The first kappa shape index (κ1) is 23.9. The van der Waals surface area contributed by atoms with Crippen LogP contribution in [-0.2, 0) is 6.54 Å². The number of hydrogen-bond acceptors (Lipinski definition) is 5. The van der Waals surface area contributed by atoms with Crippen molar-refractivity contribution >= 4 is 11.9 Å². The van der Waals surface area contributed by atoms with E-state index in [1.54, 1.807) is 19.4 Å². The van der Waals surface area contributed by atoms with Crippen molar-refractivity contribution in [2.24, 2.45) is 11.3 Å². The molecule has 1 unspecified atom stereocenters. The van der Waals surface area contributed by atoms with Gasteiger partial charge in [0.1, 0.15) is 11.6 Å². The van der Waals surface area contributed by atoms with E-state index in [2.05, 4.69) is 42.5 Å². The zero-order chi connectivity index (χ0) is 23.3. The van der Waals surface area contributed by atoms with Crippen molar-refractivity contribution in [3.63, 3.8) is 0 Å². The number of benzene rings is 1. The van der Waals surface area contributed by atoms with E-state index in [9.17, 15) is 9.90 Å². The number of nitrogen functional groups attached to an aromatic ring is 1. The lowest BCUT2D eigenvalue weighted by Crippen LogP contribution is -2.50. The number of aromatic nitrogens is 1. The van der Waals surface area contributed by atoms with Crippen molar-refractivity contribution < 1.29 is 14.6 Å². The van der Waals surface area contributed by atoms with Gasteiger partial charge in [-0.1, -0.05) is 26.8 Å². The molecular weight excluding hydrogens is 404 g/mol. The predicted molar refractivity (Wildman–Crippen MR) is 128 cm³/mol. The maximum Gasteiger partial charge on any atom is 0.404 e. The van der Waals surface area contributed by atoms with Gasteiger partial charge in [0.05, 0.1) is 7.11 Å². The van der Waals surface area contributed by atoms with Gasteiger partial charge in [0.2, 0.25) is 0 Å². The minimum absolute atomic E-state index is 0.0359. The number of carbonyl (C=O) groups is 1. The third kappa shape index (κ3) is 6.13. The molecule has 174 valence electrons. The molecule has 1 fully saturated rings. The zero-order valence-electron chi connectivity index (χ0n) is 19.5. The average Bonchev–Trinajstić information content (AvgIpc) is 2.76. The Kier molecular flexibility index (Phi) is 7.61. The highest BCUT2D eigenvalue weighted by atomic mass is 16.5. The molecule has 1 heterocycles. The molecule has 1 atom stereocenters. The van der Waals surface area contributed by atoms with Gasteiger partial charge in [-0.25, -0.2) is 9.78 Å². The highest BCUT2D eigenvalue weighted by Gasteiger charge is 2.35. The van der Waals surface area contributed by atoms with Gasteiger partial charge in [-0.3, -0.25) is 0 Å². The molecule has 1 aromatic carbocycles. The van der Waals surface area contributed by atoms with Crippen LogP contribution in [0.25, 0.3) is 11.1 Å². The molecule has 7 heteroatoms. The van der Waals surface area contributed by atoms with E-state index in [4.69, 9.17) is 10.5 Å². The number of methoxy groups -OCH3 is 1. The topological polar surface area (TPSA) is 110 Å². The Bertz CT molecular complexity index is 900. The van der Waals surface area contributed by atoms with E-state index in [0.29, 0.717) is 24.3 Å². The Morgan fingerprint density at radius 1 is 1.19 bits per heavy atom. The predicted octanol–water partition coefficient (Wildman–Crippen LogP) is 4.67.